The van der Waals surface area contributed by atoms with Gasteiger partial charge in [0, 0.05) is 6.54 Å². The molecule has 22 heavy (non-hydrogen) atoms. The number of rotatable bonds is 6. The molecule has 2 aromatic rings. The highest BCUT2D eigenvalue weighted by atomic mass is 32.2. The lowest BCUT2D eigenvalue weighted by Crippen LogP contribution is -2.35. The summed E-state index contributed by atoms with van der Waals surface area (Å²) in [5, 5.41) is 0. The van der Waals surface area contributed by atoms with Crippen LogP contribution < -0.4 is 0 Å². The van der Waals surface area contributed by atoms with E-state index in [1.807, 2.05) is 30.3 Å². The molecule has 0 aliphatic rings. The van der Waals surface area contributed by atoms with Crippen molar-refractivity contribution in [3.05, 3.63) is 66.2 Å². The predicted octanol–water partition coefficient (Wildman–Crippen LogP) is 2.05. The topological polar surface area (TPSA) is 63.7 Å². The largest absolute Gasteiger partial charge is 0.468 e. The quantitative estimate of drug-likeness (QED) is 0.765. The van der Waals surface area contributed by atoms with Gasteiger partial charge >= 0.3 is 5.97 Å². The van der Waals surface area contributed by atoms with Crippen molar-refractivity contribution in [2.75, 3.05) is 13.7 Å². The van der Waals surface area contributed by atoms with Crippen LogP contribution in [0, 0.1) is 0 Å². The average molecular weight is 319 g/mol. The number of carbonyl (C=O) groups is 1. The van der Waals surface area contributed by atoms with Gasteiger partial charge in [-0.2, -0.15) is 4.31 Å². The van der Waals surface area contributed by atoms with Crippen LogP contribution in [0.5, 0.6) is 0 Å². The first-order chi connectivity index (χ1) is 10.5. The smallest absolute Gasteiger partial charge is 0.321 e. The summed E-state index contributed by atoms with van der Waals surface area (Å²) in [6.45, 7) is -0.226. The lowest BCUT2D eigenvalue weighted by Gasteiger charge is -2.21. The standard InChI is InChI=1S/C16H17NO4S/c1-21-16(18)13-17(12-14-8-4-2-5-9-14)22(19,20)15-10-6-3-7-11-15/h2-11H,12-13H2,1H3. The second-order valence-electron chi connectivity index (χ2n) is 4.65. The molecule has 116 valence electrons. The highest BCUT2D eigenvalue weighted by molar-refractivity contribution is 7.89. The minimum Gasteiger partial charge on any atom is -0.468 e. The normalized spacial score (nSPS) is 11.4. The van der Waals surface area contributed by atoms with Crippen LogP contribution in [-0.2, 0) is 26.1 Å². The highest BCUT2D eigenvalue weighted by Gasteiger charge is 2.26. The van der Waals surface area contributed by atoms with Crippen molar-refractivity contribution in [3.63, 3.8) is 0 Å². The molecule has 2 rings (SSSR count). The number of hydrogen-bond acceptors (Lipinski definition) is 4. The average Bonchev–Trinajstić information content (AvgIpc) is 2.56. The van der Waals surface area contributed by atoms with E-state index in [0.717, 1.165) is 9.87 Å². The number of carbonyl (C=O) groups excluding carboxylic acids is 1. The molecule has 2 aromatic carbocycles. The molecule has 0 N–H and O–H groups in total. The zero-order chi connectivity index (χ0) is 16.0. The maximum Gasteiger partial charge on any atom is 0.321 e. The van der Waals surface area contributed by atoms with Gasteiger partial charge < -0.3 is 4.74 Å². The number of benzene rings is 2. The Hall–Kier alpha value is -2.18. The number of ether oxygens (including phenoxy) is 1. The third kappa shape index (κ3) is 3.93. The zero-order valence-electron chi connectivity index (χ0n) is 12.2. The van der Waals surface area contributed by atoms with Crippen molar-refractivity contribution in [3.8, 4) is 0 Å². The number of hydrogen-bond donors (Lipinski definition) is 0. The molecule has 0 heterocycles. The van der Waals surface area contributed by atoms with E-state index in [1.165, 1.54) is 19.2 Å². The number of sulfonamides is 1. The summed E-state index contributed by atoms with van der Waals surface area (Å²) < 4.78 is 31.1. The van der Waals surface area contributed by atoms with Gasteiger partial charge in [0.05, 0.1) is 12.0 Å². The van der Waals surface area contributed by atoms with Crippen LogP contribution in [0.2, 0.25) is 0 Å². The van der Waals surface area contributed by atoms with Gasteiger partial charge in [0.2, 0.25) is 10.0 Å². The Labute approximate surface area is 130 Å². The van der Waals surface area contributed by atoms with Crippen LogP contribution >= 0.6 is 0 Å². The first kappa shape index (κ1) is 16.2. The van der Waals surface area contributed by atoms with E-state index < -0.39 is 16.0 Å². The summed E-state index contributed by atoms with van der Waals surface area (Å²) in [6.07, 6.45) is 0. The zero-order valence-corrected chi connectivity index (χ0v) is 13.0. The summed E-state index contributed by atoms with van der Waals surface area (Å²) in [5.74, 6) is -0.601. The molecule has 0 spiro atoms. The van der Waals surface area contributed by atoms with E-state index in [9.17, 15) is 13.2 Å². The molecule has 0 unspecified atom stereocenters. The monoisotopic (exact) mass is 319 g/mol. The maximum absolute atomic E-state index is 12.7. The Morgan fingerprint density at radius 1 is 1.00 bits per heavy atom. The van der Waals surface area contributed by atoms with Crippen LogP contribution in [0.1, 0.15) is 5.56 Å². The molecule has 0 aromatic heterocycles. The van der Waals surface area contributed by atoms with E-state index in [-0.39, 0.29) is 18.0 Å². The number of esters is 1. The van der Waals surface area contributed by atoms with E-state index in [0.29, 0.717) is 0 Å². The molecule has 0 amide bonds. The molecule has 0 atom stereocenters. The van der Waals surface area contributed by atoms with Gasteiger partial charge in [-0.25, -0.2) is 8.42 Å². The van der Waals surface area contributed by atoms with Crippen molar-refractivity contribution in [1.82, 2.24) is 4.31 Å². The van der Waals surface area contributed by atoms with Crippen molar-refractivity contribution < 1.29 is 17.9 Å². The van der Waals surface area contributed by atoms with Crippen LogP contribution in [0.25, 0.3) is 0 Å². The minimum absolute atomic E-state index is 0.104. The maximum atomic E-state index is 12.7. The molecule has 0 saturated heterocycles. The Bertz CT molecular complexity index is 714. The van der Waals surface area contributed by atoms with E-state index >= 15 is 0 Å². The molecule has 0 bridgehead atoms. The SMILES string of the molecule is COC(=O)CN(Cc1ccccc1)S(=O)(=O)c1ccccc1. The first-order valence-electron chi connectivity index (χ1n) is 6.70. The van der Waals surface area contributed by atoms with E-state index in [1.54, 1.807) is 18.2 Å². The summed E-state index contributed by atoms with van der Waals surface area (Å²) in [7, 11) is -2.54. The van der Waals surface area contributed by atoms with Gasteiger partial charge in [-0.05, 0) is 17.7 Å². The molecule has 0 fully saturated rings. The molecule has 0 aliphatic carbocycles. The predicted molar refractivity (Wildman–Crippen MR) is 82.5 cm³/mol. The fraction of sp³-hybridized carbons (Fsp3) is 0.188. The van der Waals surface area contributed by atoms with Crippen LogP contribution in [0.3, 0.4) is 0 Å². The Kier molecular flexibility index (Phi) is 5.30. The first-order valence-corrected chi connectivity index (χ1v) is 8.14. The minimum atomic E-state index is -3.77. The molecule has 6 heteroatoms. The highest BCUT2D eigenvalue weighted by Crippen LogP contribution is 2.18. The second kappa shape index (κ2) is 7.20. The molecule has 0 saturated carbocycles. The van der Waals surface area contributed by atoms with E-state index in [4.69, 9.17) is 0 Å². The Morgan fingerprint density at radius 2 is 1.55 bits per heavy atom. The number of nitrogens with zero attached hydrogens (tertiary/aromatic N) is 1. The van der Waals surface area contributed by atoms with Gasteiger partial charge in [0.15, 0.2) is 0 Å². The summed E-state index contributed by atoms with van der Waals surface area (Å²) >= 11 is 0. The Balaban J connectivity index is 2.33. The fourth-order valence-electron chi connectivity index (χ4n) is 1.96. The fourth-order valence-corrected chi connectivity index (χ4v) is 3.36. The van der Waals surface area contributed by atoms with Gasteiger partial charge in [0.1, 0.15) is 6.54 Å². The van der Waals surface area contributed by atoms with Gasteiger partial charge in [-0.3, -0.25) is 4.79 Å². The van der Waals surface area contributed by atoms with Gasteiger partial charge in [-0.15, -0.1) is 0 Å². The van der Waals surface area contributed by atoms with Crippen molar-refractivity contribution in [2.45, 2.75) is 11.4 Å². The summed E-state index contributed by atoms with van der Waals surface area (Å²) in [4.78, 5) is 11.7. The third-order valence-corrected chi connectivity index (χ3v) is 4.92. The molecule has 0 radical (unpaired) electrons. The van der Waals surface area contributed by atoms with Crippen LogP contribution in [0.15, 0.2) is 65.6 Å². The Morgan fingerprint density at radius 3 is 2.09 bits per heavy atom. The molecular weight excluding hydrogens is 302 g/mol. The number of methoxy groups -OCH3 is 1. The van der Waals surface area contributed by atoms with Crippen molar-refractivity contribution >= 4 is 16.0 Å². The van der Waals surface area contributed by atoms with E-state index in [2.05, 4.69) is 4.74 Å². The van der Waals surface area contributed by atoms with Crippen LogP contribution in [-0.4, -0.2) is 32.3 Å². The summed E-state index contributed by atoms with van der Waals surface area (Å²) in [5.41, 5.74) is 0.797. The lowest BCUT2D eigenvalue weighted by molar-refractivity contribution is -0.140. The molecular formula is C16H17NO4S. The van der Waals surface area contributed by atoms with Crippen molar-refractivity contribution in [2.24, 2.45) is 0 Å². The van der Waals surface area contributed by atoms with Gasteiger partial charge in [-0.1, -0.05) is 48.5 Å². The summed E-state index contributed by atoms with van der Waals surface area (Å²) in [6, 6.07) is 17.1. The third-order valence-electron chi connectivity index (χ3n) is 3.12. The second-order valence-corrected chi connectivity index (χ2v) is 6.59. The molecule has 5 nitrogen and oxygen atoms in total. The van der Waals surface area contributed by atoms with Gasteiger partial charge in [0.25, 0.3) is 0 Å². The van der Waals surface area contributed by atoms with Crippen molar-refractivity contribution in [1.29, 1.82) is 0 Å². The lowest BCUT2D eigenvalue weighted by atomic mass is 10.2. The molecule has 0 aliphatic heterocycles. The van der Waals surface area contributed by atoms with Crippen LogP contribution in [0.4, 0.5) is 0 Å².